The lowest BCUT2D eigenvalue weighted by atomic mass is 9.12. The summed E-state index contributed by atoms with van der Waals surface area (Å²) in [7, 11) is 0. The largest absolute Gasteiger partial charge is 0.416 e. The third-order valence-electron chi connectivity index (χ3n) is 13.2. The van der Waals surface area contributed by atoms with Crippen LogP contribution in [0.4, 0.5) is 105 Å². The second kappa shape index (κ2) is 21.9. The van der Waals surface area contributed by atoms with Crippen LogP contribution in [0, 0.1) is 28.6 Å². The summed E-state index contributed by atoms with van der Waals surface area (Å²) in [6, 6.07) is 7.78. The SMILES string of the molecule is FC(F)(F)c1cc([B-](c2cc(C(F)(F)F)cc(C(F)(F)F)c2)(c2cc(C(F)(F)F)cc(C(F)(F)F)c2)c2cc(C(F)(F)F)cc(C(F)(F)F)c2)cc(C(F)(F)F)c1.N#CC(C#N)=C(C[n+]1cccc2ccccc21)C1CCCCC1. The highest BCUT2D eigenvalue weighted by Crippen LogP contribution is 2.42. The summed E-state index contributed by atoms with van der Waals surface area (Å²) in [5.74, 6) is 0.365. The number of halogens is 24. The van der Waals surface area contributed by atoms with Crippen molar-refractivity contribution in [2.75, 3.05) is 0 Å². The molecule has 1 saturated carbocycles. The van der Waals surface area contributed by atoms with Gasteiger partial charge < -0.3 is 0 Å². The first-order valence-corrected chi connectivity index (χ1v) is 22.9. The molecule has 0 bridgehead atoms. The van der Waals surface area contributed by atoms with Crippen LogP contribution >= 0.6 is 0 Å². The Bertz CT molecular complexity index is 2910. The van der Waals surface area contributed by atoms with E-state index in [1.807, 2.05) is 24.4 Å². The lowest BCUT2D eigenvalue weighted by molar-refractivity contribution is -0.663. The Morgan fingerprint density at radius 3 is 0.950 bits per heavy atom. The molecule has 80 heavy (non-hydrogen) atoms. The highest BCUT2D eigenvalue weighted by atomic mass is 19.4. The molecule has 0 atom stereocenters. The van der Waals surface area contributed by atoms with Crippen molar-refractivity contribution < 1.29 is 110 Å². The first kappa shape index (κ1) is 61.8. The van der Waals surface area contributed by atoms with Gasteiger partial charge in [-0.1, -0.05) is 79.9 Å². The number of benzene rings is 5. The van der Waals surface area contributed by atoms with Crippen molar-refractivity contribution in [2.24, 2.45) is 5.92 Å². The van der Waals surface area contributed by atoms with E-state index in [1.54, 1.807) is 0 Å². The number of alkyl halides is 24. The molecule has 0 unspecified atom stereocenters. The number of aromatic nitrogens is 1. The third kappa shape index (κ3) is 13.8. The zero-order valence-electron chi connectivity index (χ0n) is 39.8. The monoisotopic (exact) mass is 1170 g/mol. The molecule has 3 nitrogen and oxygen atoms in total. The minimum absolute atomic E-state index is 0.303. The van der Waals surface area contributed by atoms with Gasteiger partial charge in [-0.05, 0) is 55.2 Å². The Labute approximate surface area is 435 Å². The summed E-state index contributed by atoms with van der Waals surface area (Å²) in [5.41, 5.74) is -27.8. The molecule has 5 aromatic carbocycles. The highest BCUT2D eigenvalue weighted by Gasteiger charge is 2.47. The number of pyridine rings is 1. The van der Waals surface area contributed by atoms with E-state index in [4.69, 9.17) is 0 Å². The zero-order valence-corrected chi connectivity index (χ0v) is 39.8. The lowest BCUT2D eigenvalue weighted by Crippen LogP contribution is -2.75. The second-order valence-corrected chi connectivity index (χ2v) is 18.4. The number of allylic oxidation sites excluding steroid dienone is 2. The maximum Gasteiger partial charge on any atom is 0.416 e. The van der Waals surface area contributed by atoms with Crippen LogP contribution in [0.15, 0.2) is 127 Å². The number of rotatable bonds is 7. The Hall–Kier alpha value is -7.39. The van der Waals surface area contributed by atoms with Crippen molar-refractivity contribution in [3.63, 3.8) is 0 Å². The molecule has 28 heteroatoms. The number of nitrogens with zero attached hydrogens (tertiary/aromatic N) is 3. The smallest absolute Gasteiger partial charge is 0.194 e. The molecule has 7 rings (SSSR count). The quantitative estimate of drug-likeness (QED) is 0.0692. The van der Waals surface area contributed by atoms with Gasteiger partial charge in [0.2, 0.25) is 5.52 Å². The van der Waals surface area contributed by atoms with E-state index in [0.717, 1.165) is 23.9 Å². The molecule has 1 fully saturated rings. The van der Waals surface area contributed by atoms with Gasteiger partial charge in [0, 0.05) is 23.1 Å². The number of fused-ring (bicyclic) bond motifs is 1. The van der Waals surface area contributed by atoms with Crippen LogP contribution in [0.3, 0.4) is 0 Å². The molecule has 426 valence electrons. The van der Waals surface area contributed by atoms with Crippen LogP contribution in [-0.4, -0.2) is 6.15 Å². The van der Waals surface area contributed by atoms with E-state index >= 15 is 0 Å². The molecule has 0 spiro atoms. The van der Waals surface area contributed by atoms with Crippen LogP contribution in [-0.2, 0) is 56.0 Å². The summed E-state index contributed by atoms with van der Waals surface area (Å²) in [5, 5.41) is 19.9. The fourth-order valence-corrected chi connectivity index (χ4v) is 9.64. The molecule has 1 heterocycles. The highest BCUT2D eigenvalue weighted by molar-refractivity contribution is 7.20. The van der Waals surface area contributed by atoms with Crippen LogP contribution in [0.25, 0.3) is 10.9 Å². The van der Waals surface area contributed by atoms with Crippen molar-refractivity contribution in [3.05, 3.63) is 171 Å². The van der Waals surface area contributed by atoms with Crippen LogP contribution in [0.2, 0.25) is 0 Å². The molecule has 0 aliphatic heterocycles. The topological polar surface area (TPSA) is 51.5 Å². The van der Waals surface area contributed by atoms with E-state index in [0.29, 0.717) is 18.0 Å². The summed E-state index contributed by atoms with van der Waals surface area (Å²) < 4.78 is 343. The number of hydrogen-bond donors (Lipinski definition) is 0. The van der Waals surface area contributed by atoms with Gasteiger partial charge in [0.15, 0.2) is 12.7 Å². The first-order valence-electron chi connectivity index (χ1n) is 22.9. The minimum atomic E-state index is -6.13. The van der Waals surface area contributed by atoms with E-state index in [2.05, 4.69) is 34.9 Å². The van der Waals surface area contributed by atoms with Gasteiger partial charge in [-0.2, -0.15) is 142 Å². The van der Waals surface area contributed by atoms with Crippen molar-refractivity contribution in [1.29, 1.82) is 10.5 Å². The van der Waals surface area contributed by atoms with Gasteiger partial charge >= 0.3 is 49.4 Å². The van der Waals surface area contributed by atoms with E-state index in [9.17, 15) is 116 Å². The Kier molecular flexibility index (Phi) is 16.9. The van der Waals surface area contributed by atoms with Crippen molar-refractivity contribution in [1.82, 2.24) is 0 Å². The number of hydrogen-bond acceptors (Lipinski definition) is 2. The second-order valence-electron chi connectivity index (χ2n) is 18.4. The van der Waals surface area contributed by atoms with Crippen LogP contribution in [0.1, 0.15) is 76.6 Å². The van der Waals surface area contributed by atoms with Crippen molar-refractivity contribution in [2.45, 2.75) is 88.1 Å². The normalized spacial score (nSPS) is 14.5. The average molecular weight is 1170 g/mol. The maximum atomic E-state index is 14.2. The maximum absolute atomic E-state index is 14.2. The summed E-state index contributed by atoms with van der Waals surface area (Å²) in [6.07, 6.45) is -46.9. The van der Waals surface area contributed by atoms with E-state index in [-0.39, 0.29) is 0 Å². The molecule has 0 saturated heterocycles. The van der Waals surface area contributed by atoms with Gasteiger partial charge in [0.25, 0.3) is 0 Å². The Morgan fingerprint density at radius 2 is 0.675 bits per heavy atom. The minimum Gasteiger partial charge on any atom is -0.194 e. The van der Waals surface area contributed by atoms with Crippen molar-refractivity contribution in [3.8, 4) is 12.1 Å². The molecular formula is C52H32BF24N3. The Balaban J connectivity index is 0.000000370. The molecular weight excluding hydrogens is 1130 g/mol. The summed E-state index contributed by atoms with van der Waals surface area (Å²) >= 11 is 0. The summed E-state index contributed by atoms with van der Waals surface area (Å²) in [6.45, 7) is 0.627. The molecule has 0 amide bonds. The van der Waals surface area contributed by atoms with Crippen molar-refractivity contribution >= 4 is 38.9 Å². The van der Waals surface area contributed by atoms with E-state index in [1.165, 1.54) is 24.6 Å². The van der Waals surface area contributed by atoms with Crippen LogP contribution < -0.4 is 26.4 Å². The third-order valence-corrected chi connectivity index (χ3v) is 13.2. The fourth-order valence-electron chi connectivity index (χ4n) is 9.64. The molecule has 1 aromatic heterocycles. The molecule has 1 aliphatic rings. The van der Waals surface area contributed by atoms with E-state index < -0.39 is 195 Å². The van der Waals surface area contributed by atoms with Gasteiger partial charge in [-0.15, -0.1) is 0 Å². The predicted octanol–water partition coefficient (Wildman–Crippen LogP) is 15.3. The van der Waals surface area contributed by atoms with Gasteiger partial charge in [0.05, 0.1) is 44.5 Å². The Morgan fingerprint density at radius 1 is 0.400 bits per heavy atom. The molecule has 0 radical (unpaired) electrons. The standard InChI is InChI=1S/C32H12BF24.C20H20N3/c34-25(35,36)13-1-14(26(37,38)39)6-21(5-13)33(22-7-15(27(40,41)42)2-16(8-22)28(43,44)45,23-9-17(29(46,47)48)3-18(10-23)30(49,50)51)24-11-19(31(52,53)54)4-20(12-24)32(55,56)57;21-13-18(14-22)19(16-7-2-1-3-8-16)15-23-12-6-10-17-9-4-5-11-20(17)23/h1-12H;4-6,9-12,16H,1-3,7-8,15H2/q-1;+1. The average Bonchev–Trinajstić information content (AvgIpc) is 3.35. The fraction of sp³-hybridized carbons (Fsp3) is 0.288. The molecule has 6 aromatic rings. The zero-order chi connectivity index (χ0) is 60.0. The number of nitriles is 2. The number of para-hydroxylation sites is 1. The van der Waals surface area contributed by atoms with Gasteiger partial charge in [-0.25, -0.2) is 0 Å². The van der Waals surface area contributed by atoms with Gasteiger partial charge in [0.1, 0.15) is 23.9 Å². The summed E-state index contributed by atoms with van der Waals surface area (Å²) in [4.78, 5) is 0. The molecule has 0 N–H and O–H groups in total. The molecule has 1 aliphatic carbocycles. The predicted molar refractivity (Wildman–Crippen MR) is 239 cm³/mol. The first-order chi connectivity index (χ1) is 36.6. The lowest BCUT2D eigenvalue weighted by Gasteiger charge is -2.46. The van der Waals surface area contributed by atoms with Crippen LogP contribution in [0.5, 0.6) is 0 Å². The van der Waals surface area contributed by atoms with Gasteiger partial charge in [-0.3, -0.25) is 0 Å².